The lowest BCUT2D eigenvalue weighted by Gasteiger charge is -2.04. The molecule has 0 atom stereocenters. The van der Waals surface area contributed by atoms with Crippen molar-refractivity contribution in [3.05, 3.63) is 57.2 Å². The average molecular weight is 375 g/mol. The molecular weight excluding hydrogens is 356 g/mol. The molecule has 1 aromatic carbocycles. The third-order valence-electron chi connectivity index (χ3n) is 3.38. The highest BCUT2D eigenvalue weighted by Gasteiger charge is 2.08. The highest BCUT2D eigenvalue weighted by molar-refractivity contribution is 8.00. The zero-order chi connectivity index (χ0) is 16.9. The molecule has 0 saturated carbocycles. The van der Waals surface area contributed by atoms with E-state index in [4.69, 9.17) is 0 Å². The van der Waals surface area contributed by atoms with E-state index in [1.807, 2.05) is 6.92 Å². The van der Waals surface area contributed by atoms with Crippen molar-refractivity contribution >= 4 is 40.3 Å². The first-order valence-corrected chi connectivity index (χ1v) is 10.3. The number of thiophene rings is 1. The number of hydrogen-bond donors (Lipinski definition) is 1. The molecule has 3 nitrogen and oxygen atoms in total. The minimum Gasteiger partial charge on any atom is -0.350 e. The van der Waals surface area contributed by atoms with Crippen LogP contribution in [0.15, 0.2) is 46.7 Å². The summed E-state index contributed by atoms with van der Waals surface area (Å²) in [5, 5.41) is 6.13. The van der Waals surface area contributed by atoms with Gasteiger partial charge in [-0.25, -0.2) is 4.98 Å². The van der Waals surface area contributed by atoms with Gasteiger partial charge in [0.25, 0.3) is 0 Å². The number of aryl methyl sites for hydroxylation is 2. The summed E-state index contributed by atoms with van der Waals surface area (Å²) in [5.41, 5.74) is 2.25. The fourth-order valence-corrected chi connectivity index (χ4v) is 4.43. The summed E-state index contributed by atoms with van der Waals surface area (Å²) in [5.74, 6) is 0.493. The molecule has 2 aromatic heterocycles. The minimum absolute atomic E-state index is 0.0556. The average Bonchev–Trinajstić information content (AvgIpc) is 3.21. The third-order valence-corrected chi connectivity index (χ3v) is 6.28. The van der Waals surface area contributed by atoms with E-state index in [0.29, 0.717) is 12.3 Å². The first-order valence-electron chi connectivity index (χ1n) is 7.57. The van der Waals surface area contributed by atoms with Crippen molar-refractivity contribution in [2.75, 3.05) is 5.75 Å². The number of thioether (sulfide) groups is 1. The molecular formula is C18H18N2OS3. The summed E-state index contributed by atoms with van der Waals surface area (Å²) in [4.78, 5) is 19.9. The Morgan fingerprint density at radius 3 is 2.67 bits per heavy atom. The maximum absolute atomic E-state index is 12.0. The van der Waals surface area contributed by atoms with Gasteiger partial charge in [-0.1, -0.05) is 17.7 Å². The van der Waals surface area contributed by atoms with E-state index in [-0.39, 0.29) is 5.91 Å². The van der Waals surface area contributed by atoms with Crippen LogP contribution in [0.5, 0.6) is 0 Å². The van der Waals surface area contributed by atoms with Crippen molar-refractivity contribution in [3.63, 3.8) is 0 Å². The van der Waals surface area contributed by atoms with Gasteiger partial charge in [0.1, 0.15) is 0 Å². The molecule has 1 N–H and O–H groups in total. The molecule has 6 heteroatoms. The number of hydrogen-bond acceptors (Lipinski definition) is 5. The number of nitrogens with one attached hydrogen (secondary N) is 1. The second-order valence-corrected chi connectivity index (χ2v) is 8.68. The molecule has 0 unspecified atom stereocenters. The number of carbonyl (C=O) groups excluding carboxylic acids is 1. The summed E-state index contributed by atoms with van der Waals surface area (Å²) >= 11 is 4.90. The van der Waals surface area contributed by atoms with Crippen LogP contribution in [-0.2, 0) is 11.3 Å². The normalized spacial score (nSPS) is 10.8. The van der Waals surface area contributed by atoms with Crippen molar-refractivity contribution in [3.8, 4) is 10.6 Å². The molecule has 1 amide bonds. The van der Waals surface area contributed by atoms with Crippen molar-refractivity contribution in [2.24, 2.45) is 0 Å². The monoisotopic (exact) mass is 374 g/mol. The fraction of sp³-hybridized carbons (Fsp3) is 0.222. The second kappa shape index (κ2) is 7.96. The topological polar surface area (TPSA) is 42.0 Å². The van der Waals surface area contributed by atoms with Crippen LogP contribution in [0.2, 0.25) is 0 Å². The molecule has 0 spiro atoms. The van der Waals surface area contributed by atoms with Crippen LogP contribution in [0.3, 0.4) is 0 Å². The van der Waals surface area contributed by atoms with Crippen LogP contribution in [0.25, 0.3) is 10.6 Å². The maximum atomic E-state index is 12.0. The van der Waals surface area contributed by atoms with Gasteiger partial charge in [0.05, 0.1) is 27.9 Å². The largest absolute Gasteiger partial charge is 0.350 e. The lowest BCUT2D eigenvalue weighted by atomic mass is 10.2. The summed E-state index contributed by atoms with van der Waals surface area (Å²) in [6, 6.07) is 12.4. The Morgan fingerprint density at radius 2 is 1.96 bits per heavy atom. The number of thiazole rings is 1. The summed E-state index contributed by atoms with van der Waals surface area (Å²) in [6.45, 7) is 4.64. The Hall–Kier alpha value is -1.63. The van der Waals surface area contributed by atoms with Crippen LogP contribution in [0, 0.1) is 13.8 Å². The quantitative estimate of drug-likeness (QED) is 0.624. The van der Waals surface area contributed by atoms with Gasteiger partial charge in [0, 0.05) is 15.2 Å². The van der Waals surface area contributed by atoms with Gasteiger partial charge in [-0.3, -0.25) is 4.79 Å². The van der Waals surface area contributed by atoms with E-state index in [9.17, 15) is 4.79 Å². The van der Waals surface area contributed by atoms with E-state index in [2.05, 4.69) is 59.0 Å². The maximum Gasteiger partial charge on any atom is 0.230 e. The van der Waals surface area contributed by atoms with Gasteiger partial charge < -0.3 is 5.32 Å². The van der Waals surface area contributed by atoms with Crippen LogP contribution >= 0.6 is 34.4 Å². The second-order valence-electron chi connectivity index (χ2n) is 5.40. The Balaban J connectivity index is 1.48. The first-order chi connectivity index (χ1) is 11.6. The van der Waals surface area contributed by atoms with Gasteiger partial charge in [0.2, 0.25) is 5.91 Å². The van der Waals surface area contributed by atoms with Gasteiger partial charge in [-0.2, -0.15) is 0 Å². The van der Waals surface area contributed by atoms with Crippen molar-refractivity contribution < 1.29 is 4.79 Å². The molecule has 3 rings (SSSR count). The summed E-state index contributed by atoms with van der Waals surface area (Å²) < 4.78 is 0. The molecule has 0 bridgehead atoms. The van der Waals surface area contributed by atoms with Gasteiger partial charge in [-0.15, -0.1) is 34.4 Å². The molecule has 0 saturated heterocycles. The molecule has 0 fully saturated rings. The van der Waals surface area contributed by atoms with Crippen molar-refractivity contribution in [1.82, 2.24) is 10.3 Å². The first kappa shape index (κ1) is 17.2. The highest BCUT2D eigenvalue weighted by atomic mass is 32.2. The third kappa shape index (κ3) is 4.69. The van der Waals surface area contributed by atoms with Gasteiger partial charge in [0.15, 0.2) is 0 Å². The molecule has 3 aromatic rings. The predicted molar refractivity (Wildman–Crippen MR) is 104 cm³/mol. The summed E-state index contributed by atoms with van der Waals surface area (Å²) in [6.07, 6.45) is 0. The SMILES string of the molecule is Cc1ccc(SCC(=O)NCc2ccc(-c3csc(C)n3)s2)cc1. The minimum atomic E-state index is 0.0556. The number of benzene rings is 1. The van der Waals surface area contributed by atoms with Crippen molar-refractivity contribution in [1.29, 1.82) is 0 Å². The van der Waals surface area contributed by atoms with Gasteiger partial charge >= 0.3 is 0 Å². The number of carbonyl (C=O) groups is 1. The molecule has 0 aliphatic rings. The summed E-state index contributed by atoms with van der Waals surface area (Å²) in [7, 11) is 0. The van der Waals surface area contributed by atoms with Gasteiger partial charge in [-0.05, 0) is 38.1 Å². The van der Waals surface area contributed by atoms with E-state index in [1.165, 1.54) is 5.56 Å². The van der Waals surface area contributed by atoms with Crippen LogP contribution in [-0.4, -0.2) is 16.6 Å². The van der Waals surface area contributed by atoms with E-state index in [1.54, 1.807) is 34.4 Å². The Bertz CT molecular complexity index is 821. The lowest BCUT2D eigenvalue weighted by Crippen LogP contribution is -2.24. The highest BCUT2D eigenvalue weighted by Crippen LogP contribution is 2.29. The zero-order valence-electron chi connectivity index (χ0n) is 13.5. The molecule has 0 aliphatic carbocycles. The molecule has 2 heterocycles. The van der Waals surface area contributed by atoms with Crippen LogP contribution < -0.4 is 5.32 Å². The van der Waals surface area contributed by atoms with E-state index < -0.39 is 0 Å². The number of rotatable bonds is 6. The van der Waals surface area contributed by atoms with E-state index >= 15 is 0 Å². The standard InChI is InChI=1S/C18H18N2OS3/c1-12-3-5-14(6-4-12)23-11-18(21)19-9-15-7-8-17(24-15)16-10-22-13(2)20-16/h3-8,10H,9,11H2,1-2H3,(H,19,21). The van der Waals surface area contributed by atoms with Crippen LogP contribution in [0.4, 0.5) is 0 Å². The molecule has 124 valence electrons. The number of amides is 1. The fourth-order valence-electron chi connectivity index (χ4n) is 2.11. The Morgan fingerprint density at radius 1 is 1.17 bits per heavy atom. The Kier molecular flexibility index (Phi) is 5.71. The lowest BCUT2D eigenvalue weighted by molar-refractivity contribution is -0.118. The van der Waals surface area contributed by atoms with Crippen molar-refractivity contribution in [2.45, 2.75) is 25.3 Å². The molecule has 0 radical (unpaired) electrons. The van der Waals surface area contributed by atoms with Crippen LogP contribution in [0.1, 0.15) is 15.4 Å². The van der Waals surface area contributed by atoms with E-state index in [0.717, 1.165) is 25.4 Å². The number of aromatic nitrogens is 1. The molecule has 24 heavy (non-hydrogen) atoms. The molecule has 0 aliphatic heterocycles. The smallest absolute Gasteiger partial charge is 0.230 e. The number of nitrogens with zero attached hydrogens (tertiary/aromatic N) is 1. The zero-order valence-corrected chi connectivity index (χ0v) is 16.0. The predicted octanol–water partition coefficient (Wildman–Crippen LogP) is 4.90. The Labute approximate surface area is 154 Å².